The Bertz CT molecular complexity index is 428. The minimum absolute atomic E-state index is 0.0181. The van der Waals surface area contributed by atoms with Gasteiger partial charge in [-0.3, -0.25) is 9.48 Å². The smallest absolute Gasteiger partial charge is 0.254 e. The van der Waals surface area contributed by atoms with Crippen molar-refractivity contribution in [3.8, 4) is 0 Å². The predicted octanol–water partition coefficient (Wildman–Crippen LogP) is 1.37. The Labute approximate surface area is 107 Å². The second-order valence-electron chi connectivity index (χ2n) is 4.43. The molecule has 1 aliphatic rings. The molecule has 0 aromatic carbocycles. The molecule has 1 saturated heterocycles. The van der Waals surface area contributed by atoms with Gasteiger partial charge in [0.05, 0.1) is 23.9 Å². The lowest BCUT2D eigenvalue weighted by Gasteiger charge is -2.15. The van der Waals surface area contributed by atoms with E-state index in [2.05, 4.69) is 23.9 Å². The number of rotatable bonds is 5. The number of nitrogens with zero attached hydrogens (tertiary/aromatic N) is 2. The van der Waals surface area contributed by atoms with Crippen LogP contribution in [-0.4, -0.2) is 34.4 Å². The topological polar surface area (TPSA) is 56.1 Å². The number of nitrogens with one attached hydrogen (secondary N) is 1. The van der Waals surface area contributed by atoms with E-state index in [1.807, 2.05) is 0 Å². The van der Waals surface area contributed by atoms with Crippen molar-refractivity contribution in [3.63, 3.8) is 0 Å². The van der Waals surface area contributed by atoms with Gasteiger partial charge in [-0.25, -0.2) is 0 Å². The summed E-state index contributed by atoms with van der Waals surface area (Å²) in [4.78, 5) is 12.0. The van der Waals surface area contributed by atoms with E-state index in [0.717, 1.165) is 19.4 Å². The van der Waals surface area contributed by atoms with Crippen LogP contribution in [0.2, 0.25) is 0 Å². The molecule has 2 rings (SSSR count). The normalized spacial score (nSPS) is 22.9. The van der Waals surface area contributed by atoms with E-state index in [4.69, 9.17) is 4.74 Å². The highest BCUT2D eigenvalue weighted by molar-refractivity contribution is 5.93. The molecule has 0 bridgehead atoms. The maximum atomic E-state index is 12.0. The average Bonchev–Trinajstić information content (AvgIpc) is 2.98. The van der Waals surface area contributed by atoms with Crippen LogP contribution < -0.4 is 5.32 Å². The number of hydrogen-bond donors (Lipinski definition) is 1. The molecule has 2 atom stereocenters. The van der Waals surface area contributed by atoms with Crippen LogP contribution in [0, 0.1) is 0 Å². The maximum Gasteiger partial charge on any atom is 0.254 e. The fourth-order valence-corrected chi connectivity index (χ4v) is 2.08. The summed E-state index contributed by atoms with van der Waals surface area (Å²) in [5.41, 5.74) is 0.596. The van der Waals surface area contributed by atoms with Crippen LogP contribution >= 0.6 is 0 Å². The lowest BCUT2D eigenvalue weighted by molar-refractivity contribution is 0.0900. The van der Waals surface area contributed by atoms with E-state index in [1.54, 1.807) is 23.2 Å². The molecular formula is C13H19N3O2. The van der Waals surface area contributed by atoms with Crippen molar-refractivity contribution in [2.75, 3.05) is 6.61 Å². The Morgan fingerprint density at radius 1 is 1.78 bits per heavy atom. The van der Waals surface area contributed by atoms with E-state index in [1.165, 1.54) is 0 Å². The minimum Gasteiger partial charge on any atom is -0.372 e. The number of aromatic nitrogens is 2. The zero-order chi connectivity index (χ0) is 13.0. The first-order valence-corrected chi connectivity index (χ1v) is 6.32. The van der Waals surface area contributed by atoms with Crippen LogP contribution in [0.25, 0.3) is 0 Å². The van der Waals surface area contributed by atoms with Gasteiger partial charge in [-0.15, -0.1) is 6.58 Å². The SMILES string of the molecule is C=C[C@H]1OCC[C@@H]1NC(=O)c1cnn(CCC)c1. The highest BCUT2D eigenvalue weighted by Crippen LogP contribution is 2.14. The van der Waals surface area contributed by atoms with Gasteiger partial charge >= 0.3 is 0 Å². The molecule has 0 radical (unpaired) electrons. The number of aryl methyl sites for hydroxylation is 1. The van der Waals surface area contributed by atoms with Gasteiger partial charge in [0.15, 0.2) is 0 Å². The summed E-state index contributed by atoms with van der Waals surface area (Å²) in [5, 5.41) is 7.11. The molecule has 1 aliphatic heterocycles. The predicted molar refractivity (Wildman–Crippen MR) is 68.3 cm³/mol. The lowest BCUT2D eigenvalue weighted by Crippen LogP contribution is -2.39. The van der Waals surface area contributed by atoms with Gasteiger partial charge in [-0.05, 0) is 12.8 Å². The van der Waals surface area contributed by atoms with Crippen LogP contribution in [0.5, 0.6) is 0 Å². The molecule has 98 valence electrons. The van der Waals surface area contributed by atoms with Crippen molar-refractivity contribution in [2.45, 2.75) is 38.5 Å². The average molecular weight is 249 g/mol. The quantitative estimate of drug-likeness (QED) is 0.802. The number of carbonyl (C=O) groups excluding carboxylic acids is 1. The first-order valence-electron chi connectivity index (χ1n) is 6.32. The monoisotopic (exact) mass is 249 g/mol. The van der Waals surface area contributed by atoms with Crippen molar-refractivity contribution in [1.29, 1.82) is 0 Å². The number of ether oxygens (including phenoxy) is 1. The van der Waals surface area contributed by atoms with Gasteiger partial charge < -0.3 is 10.1 Å². The fourth-order valence-electron chi connectivity index (χ4n) is 2.08. The molecular weight excluding hydrogens is 230 g/mol. The zero-order valence-electron chi connectivity index (χ0n) is 10.6. The summed E-state index contributed by atoms with van der Waals surface area (Å²) in [6.45, 7) is 7.28. The molecule has 2 heterocycles. The fraction of sp³-hybridized carbons (Fsp3) is 0.538. The highest BCUT2D eigenvalue weighted by Gasteiger charge is 2.27. The number of carbonyl (C=O) groups is 1. The molecule has 1 aromatic heterocycles. The summed E-state index contributed by atoms with van der Waals surface area (Å²) < 4.78 is 7.22. The Morgan fingerprint density at radius 3 is 3.33 bits per heavy atom. The highest BCUT2D eigenvalue weighted by atomic mass is 16.5. The van der Waals surface area contributed by atoms with Crippen LogP contribution in [0.4, 0.5) is 0 Å². The Morgan fingerprint density at radius 2 is 2.61 bits per heavy atom. The maximum absolute atomic E-state index is 12.0. The van der Waals surface area contributed by atoms with Crippen LogP contribution in [0.3, 0.4) is 0 Å². The Hall–Kier alpha value is -1.62. The number of amides is 1. The summed E-state index contributed by atoms with van der Waals surface area (Å²) in [6.07, 6.45) is 6.85. The molecule has 5 nitrogen and oxygen atoms in total. The van der Waals surface area contributed by atoms with Crippen LogP contribution in [0.15, 0.2) is 25.0 Å². The van der Waals surface area contributed by atoms with Crippen molar-refractivity contribution in [3.05, 3.63) is 30.6 Å². The van der Waals surface area contributed by atoms with Crippen LogP contribution in [0.1, 0.15) is 30.1 Å². The van der Waals surface area contributed by atoms with Gasteiger partial charge in [-0.2, -0.15) is 5.10 Å². The minimum atomic E-state index is -0.0975. The third-order valence-electron chi connectivity index (χ3n) is 3.03. The van der Waals surface area contributed by atoms with E-state index in [0.29, 0.717) is 12.2 Å². The molecule has 1 fully saturated rings. The van der Waals surface area contributed by atoms with E-state index in [-0.39, 0.29) is 18.1 Å². The third-order valence-corrected chi connectivity index (χ3v) is 3.03. The molecule has 0 unspecified atom stereocenters. The molecule has 1 aromatic rings. The van der Waals surface area contributed by atoms with Crippen LogP contribution in [-0.2, 0) is 11.3 Å². The molecule has 1 N–H and O–H groups in total. The van der Waals surface area contributed by atoms with Gasteiger partial charge in [-0.1, -0.05) is 13.0 Å². The first-order chi connectivity index (χ1) is 8.74. The van der Waals surface area contributed by atoms with E-state index >= 15 is 0 Å². The van der Waals surface area contributed by atoms with Crippen molar-refractivity contribution in [2.24, 2.45) is 0 Å². The van der Waals surface area contributed by atoms with E-state index in [9.17, 15) is 4.79 Å². The Kier molecular flexibility index (Phi) is 4.15. The lowest BCUT2D eigenvalue weighted by atomic mass is 10.1. The van der Waals surface area contributed by atoms with Gasteiger partial charge in [0.1, 0.15) is 0 Å². The summed E-state index contributed by atoms with van der Waals surface area (Å²) in [6, 6.07) is 0.0181. The molecule has 1 amide bonds. The van der Waals surface area contributed by atoms with E-state index < -0.39 is 0 Å². The van der Waals surface area contributed by atoms with Gasteiger partial charge in [0, 0.05) is 19.3 Å². The van der Waals surface area contributed by atoms with Crippen molar-refractivity contribution in [1.82, 2.24) is 15.1 Å². The second-order valence-corrected chi connectivity index (χ2v) is 4.43. The summed E-state index contributed by atoms with van der Waals surface area (Å²) in [5.74, 6) is -0.0975. The molecule has 0 spiro atoms. The third kappa shape index (κ3) is 2.79. The van der Waals surface area contributed by atoms with Crippen molar-refractivity contribution < 1.29 is 9.53 Å². The molecule has 18 heavy (non-hydrogen) atoms. The second kappa shape index (κ2) is 5.82. The Balaban J connectivity index is 1.96. The van der Waals surface area contributed by atoms with Gasteiger partial charge in [0.2, 0.25) is 0 Å². The first kappa shape index (κ1) is 12.8. The molecule has 0 aliphatic carbocycles. The van der Waals surface area contributed by atoms with Crippen molar-refractivity contribution >= 4 is 5.91 Å². The molecule has 5 heteroatoms. The zero-order valence-corrected chi connectivity index (χ0v) is 10.6. The largest absolute Gasteiger partial charge is 0.372 e. The summed E-state index contributed by atoms with van der Waals surface area (Å²) in [7, 11) is 0. The molecule has 0 saturated carbocycles. The standard InChI is InChI=1S/C13H19N3O2/c1-3-6-16-9-10(8-14-16)13(17)15-11-5-7-18-12(11)4-2/h4,8-9,11-12H,2-3,5-7H2,1H3,(H,15,17)/t11-,12+/m0/s1. The number of hydrogen-bond acceptors (Lipinski definition) is 3. The van der Waals surface area contributed by atoms with Gasteiger partial charge in [0.25, 0.3) is 5.91 Å². The summed E-state index contributed by atoms with van der Waals surface area (Å²) >= 11 is 0.